The van der Waals surface area contributed by atoms with Crippen LogP contribution in [0.15, 0.2) is 18.2 Å². The molecule has 1 amide bonds. The van der Waals surface area contributed by atoms with Crippen molar-refractivity contribution in [2.24, 2.45) is 5.92 Å². The van der Waals surface area contributed by atoms with E-state index in [4.69, 9.17) is 9.47 Å². The van der Waals surface area contributed by atoms with Crippen molar-refractivity contribution in [1.82, 2.24) is 4.90 Å². The molecule has 1 heterocycles. The van der Waals surface area contributed by atoms with Crippen LogP contribution in [0.25, 0.3) is 0 Å². The van der Waals surface area contributed by atoms with Gasteiger partial charge in [0.2, 0.25) is 0 Å². The van der Waals surface area contributed by atoms with Gasteiger partial charge in [0.25, 0.3) is 0 Å². The molecule has 0 aliphatic carbocycles. The molecule has 1 saturated heterocycles. The van der Waals surface area contributed by atoms with E-state index in [-0.39, 0.29) is 12.5 Å². The monoisotopic (exact) mass is 377 g/mol. The van der Waals surface area contributed by atoms with E-state index in [1.165, 1.54) is 6.07 Å². The van der Waals surface area contributed by atoms with Gasteiger partial charge in [-0.2, -0.15) is 13.2 Å². The van der Waals surface area contributed by atoms with Crippen LogP contribution < -0.4 is 4.74 Å². The van der Waals surface area contributed by atoms with Crippen molar-refractivity contribution >= 4 is 6.09 Å². The zero-order chi connectivity index (χ0) is 19.5. The van der Waals surface area contributed by atoms with Crippen LogP contribution >= 0.6 is 0 Å². The summed E-state index contributed by atoms with van der Waals surface area (Å²) in [5.74, 6) is -1.96. The molecule has 1 fully saturated rings. The van der Waals surface area contributed by atoms with Gasteiger partial charge in [0.05, 0.1) is 12.2 Å². The fourth-order valence-corrected chi connectivity index (χ4v) is 2.74. The van der Waals surface area contributed by atoms with Gasteiger partial charge in [-0.1, -0.05) is 6.07 Å². The summed E-state index contributed by atoms with van der Waals surface area (Å²) in [5, 5.41) is 0. The minimum Gasteiger partial charge on any atom is -0.490 e. The Kier molecular flexibility index (Phi) is 6.03. The number of carbonyl (C=O) groups is 1. The molecule has 0 radical (unpaired) electrons. The van der Waals surface area contributed by atoms with Crippen molar-refractivity contribution in [3.05, 3.63) is 29.6 Å². The molecule has 8 heteroatoms. The molecule has 1 aromatic rings. The first-order chi connectivity index (χ1) is 12.0. The molecule has 0 aromatic heterocycles. The number of nitrogens with zero attached hydrogens (tertiary/aromatic N) is 1. The van der Waals surface area contributed by atoms with Crippen LogP contribution in [0.2, 0.25) is 0 Å². The highest BCUT2D eigenvalue weighted by molar-refractivity contribution is 5.68. The Morgan fingerprint density at radius 2 is 1.96 bits per heavy atom. The fourth-order valence-electron chi connectivity index (χ4n) is 2.74. The van der Waals surface area contributed by atoms with Gasteiger partial charge in [0, 0.05) is 19.0 Å². The molecule has 1 aliphatic rings. The third kappa shape index (κ3) is 5.51. The number of hydrogen-bond acceptors (Lipinski definition) is 3. The second-order valence-electron chi connectivity index (χ2n) is 7.36. The number of alkyl halides is 3. The molecule has 0 bridgehead atoms. The van der Waals surface area contributed by atoms with Crippen molar-refractivity contribution in [1.29, 1.82) is 0 Å². The molecular weight excluding hydrogens is 354 g/mol. The SMILES string of the molecule is CC(C)(C)OC(=O)N1CCCC(COc2cccc(C(F)(F)F)c2F)C1. The molecule has 0 spiro atoms. The van der Waals surface area contributed by atoms with E-state index in [0.717, 1.165) is 18.9 Å². The molecule has 1 aromatic carbocycles. The Morgan fingerprint density at radius 1 is 1.27 bits per heavy atom. The second kappa shape index (κ2) is 7.72. The number of rotatable bonds is 3. The first-order valence-corrected chi connectivity index (χ1v) is 8.44. The third-order valence-electron chi connectivity index (χ3n) is 3.91. The number of halogens is 4. The maximum atomic E-state index is 14.0. The molecule has 1 atom stereocenters. The van der Waals surface area contributed by atoms with Crippen LogP contribution in [0.5, 0.6) is 5.75 Å². The second-order valence-corrected chi connectivity index (χ2v) is 7.36. The minimum absolute atomic E-state index is 0.0253. The summed E-state index contributed by atoms with van der Waals surface area (Å²) >= 11 is 0. The van der Waals surface area contributed by atoms with Gasteiger partial charge in [-0.3, -0.25) is 0 Å². The summed E-state index contributed by atoms with van der Waals surface area (Å²) in [6.07, 6.45) is -3.76. The molecule has 146 valence electrons. The number of ether oxygens (including phenoxy) is 2. The van der Waals surface area contributed by atoms with Gasteiger partial charge in [0.15, 0.2) is 11.6 Å². The predicted octanol–water partition coefficient (Wildman–Crippen LogP) is 4.87. The average Bonchev–Trinajstić information content (AvgIpc) is 2.51. The molecule has 1 aliphatic heterocycles. The van der Waals surface area contributed by atoms with Gasteiger partial charge < -0.3 is 14.4 Å². The molecular formula is C18H23F4NO3. The van der Waals surface area contributed by atoms with Crippen molar-refractivity contribution in [3.63, 3.8) is 0 Å². The average molecular weight is 377 g/mol. The zero-order valence-corrected chi connectivity index (χ0v) is 15.0. The summed E-state index contributed by atoms with van der Waals surface area (Å²) < 4.78 is 62.8. The number of amides is 1. The summed E-state index contributed by atoms with van der Waals surface area (Å²) in [7, 11) is 0. The molecule has 4 nitrogen and oxygen atoms in total. The van der Waals surface area contributed by atoms with Crippen molar-refractivity contribution in [2.45, 2.75) is 45.4 Å². The van der Waals surface area contributed by atoms with Gasteiger partial charge in [0.1, 0.15) is 5.60 Å². The predicted molar refractivity (Wildman–Crippen MR) is 87.4 cm³/mol. The molecule has 26 heavy (non-hydrogen) atoms. The maximum Gasteiger partial charge on any atom is 0.419 e. The highest BCUT2D eigenvalue weighted by atomic mass is 19.4. The van der Waals surface area contributed by atoms with Crippen LogP contribution in [-0.2, 0) is 10.9 Å². The molecule has 1 unspecified atom stereocenters. The summed E-state index contributed by atoms with van der Waals surface area (Å²) in [4.78, 5) is 13.7. The van der Waals surface area contributed by atoms with E-state index >= 15 is 0 Å². The Morgan fingerprint density at radius 3 is 2.58 bits per heavy atom. The van der Waals surface area contributed by atoms with E-state index in [9.17, 15) is 22.4 Å². The van der Waals surface area contributed by atoms with E-state index in [2.05, 4.69) is 0 Å². The lowest BCUT2D eigenvalue weighted by atomic mass is 9.99. The van der Waals surface area contributed by atoms with Crippen LogP contribution in [0.4, 0.5) is 22.4 Å². The first kappa shape index (κ1) is 20.3. The highest BCUT2D eigenvalue weighted by Gasteiger charge is 2.35. The lowest BCUT2D eigenvalue weighted by Crippen LogP contribution is -2.44. The van der Waals surface area contributed by atoms with Gasteiger partial charge in [-0.15, -0.1) is 0 Å². The quantitative estimate of drug-likeness (QED) is 0.706. The van der Waals surface area contributed by atoms with Gasteiger partial charge >= 0.3 is 12.3 Å². The fraction of sp³-hybridized carbons (Fsp3) is 0.611. The normalized spacial score (nSPS) is 18.6. The van der Waals surface area contributed by atoms with Crippen molar-refractivity contribution in [2.75, 3.05) is 19.7 Å². The highest BCUT2D eigenvalue weighted by Crippen LogP contribution is 2.35. The molecule has 0 saturated carbocycles. The molecule has 0 N–H and O–H groups in total. The largest absolute Gasteiger partial charge is 0.490 e. The van der Waals surface area contributed by atoms with Gasteiger partial charge in [-0.25, -0.2) is 9.18 Å². The maximum absolute atomic E-state index is 14.0. The number of likely N-dealkylation sites (tertiary alicyclic amines) is 1. The Balaban J connectivity index is 1.97. The minimum atomic E-state index is -4.78. The Bertz CT molecular complexity index is 640. The van der Waals surface area contributed by atoms with E-state index in [1.807, 2.05) is 0 Å². The summed E-state index contributed by atoms with van der Waals surface area (Å²) in [5.41, 5.74) is -1.96. The third-order valence-corrected chi connectivity index (χ3v) is 3.91. The zero-order valence-electron chi connectivity index (χ0n) is 15.0. The standard InChI is InChI=1S/C18H23F4NO3/c1-17(2,3)26-16(24)23-9-5-6-12(10-23)11-25-14-8-4-7-13(15(14)19)18(20,21)22/h4,7-8,12H,5-6,9-11H2,1-3H3. The van der Waals surface area contributed by atoms with Crippen molar-refractivity contribution < 1.29 is 31.8 Å². The van der Waals surface area contributed by atoms with E-state index in [1.54, 1.807) is 25.7 Å². The van der Waals surface area contributed by atoms with Crippen LogP contribution in [0.1, 0.15) is 39.2 Å². The number of piperidine rings is 1. The van der Waals surface area contributed by atoms with Gasteiger partial charge in [-0.05, 0) is 45.7 Å². The van der Waals surface area contributed by atoms with Crippen LogP contribution in [0, 0.1) is 11.7 Å². The Hall–Kier alpha value is -1.99. The Labute approximate surface area is 150 Å². The number of hydrogen-bond donors (Lipinski definition) is 0. The van der Waals surface area contributed by atoms with E-state index in [0.29, 0.717) is 19.2 Å². The van der Waals surface area contributed by atoms with Crippen LogP contribution in [0.3, 0.4) is 0 Å². The lowest BCUT2D eigenvalue weighted by molar-refractivity contribution is -0.140. The topological polar surface area (TPSA) is 38.8 Å². The summed E-state index contributed by atoms with van der Waals surface area (Å²) in [6.45, 7) is 6.24. The van der Waals surface area contributed by atoms with Crippen LogP contribution in [-0.4, -0.2) is 36.3 Å². The first-order valence-electron chi connectivity index (χ1n) is 8.44. The number of carbonyl (C=O) groups excluding carboxylic acids is 1. The van der Waals surface area contributed by atoms with E-state index < -0.39 is 35.0 Å². The smallest absolute Gasteiger partial charge is 0.419 e. The summed E-state index contributed by atoms with van der Waals surface area (Å²) in [6, 6.07) is 2.95. The molecule has 2 rings (SSSR count). The lowest BCUT2D eigenvalue weighted by Gasteiger charge is -2.34. The number of benzene rings is 1. The van der Waals surface area contributed by atoms with Crippen molar-refractivity contribution in [3.8, 4) is 5.75 Å².